The molecule has 2 aromatic rings. The third-order valence-corrected chi connectivity index (χ3v) is 6.78. The summed E-state index contributed by atoms with van der Waals surface area (Å²) in [7, 11) is -2.29. The number of aliphatic hydroxyl groups is 1. The van der Waals surface area contributed by atoms with Crippen LogP contribution in [0.25, 0.3) is 0 Å². The van der Waals surface area contributed by atoms with E-state index in [-0.39, 0.29) is 40.6 Å². The molecular formula is C19H23FN4O6S2. The maximum atomic E-state index is 13.2. The molecule has 174 valence electrons. The monoisotopic (exact) mass is 486 g/mol. The number of thiazole rings is 1. The summed E-state index contributed by atoms with van der Waals surface area (Å²) in [6.45, 7) is 0.333. The second-order valence-corrected chi connectivity index (χ2v) is 9.72. The molecule has 3 rings (SSSR count). The molecule has 0 saturated heterocycles. The first-order valence-electron chi connectivity index (χ1n) is 9.72. The van der Waals surface area contributed by atoms with Crippen LogP contribution in [0.5, 0.6) is 0 Å². The normalized spacial score (nSPS) is 19.2. The van der Waals surface area contributed by atoms with Crippen molar-refractivity contribution in [2.75, 3.05) is 25.6 Å². The second kappa shape index (κ2) is 10.9. The SMILES string of the molecule is COCCNS(=O)(=O)c1ccc(/C(=N\O[C@@H]2CC[C@@H](O)C2)C(=O)Nc2ncc(F)s2)cc1. The lowest BCUT2D eigenvalue weighted by Crippen LogP contribution is -2.27. The molecule has 1 aliphatic rings. The molecule has 10 nitrogen and oxygen atoms in total. The number of halogens is 1. The fourth-order valence-corrected chi connectivity index (χ4v) is 4.54. The number of carbonyl (C=O) groups is 1. The van der Waals surface area contributed by atoms with E-state index in [2.05, 4.69) is 20.2 Å². The van der Waals surface area contributed by atoms with Crippen LogP contribution in [-0.4, -0.2) is 62.6 Å². The van der Waals surface area contributed by atoms with E-state index in [9.17, 15) is 22.7 Å². The maximum Gasteiger partial charge on any atom is 0.280 e. The smallest absolute Gasteiger partial charge is 0.280 e. The fraction of sp³-hybridized carbons (Fsp3) is 0.421. The van der Waals surface area contributed by atoms with Crippen LogP contribution >= 0.6 is 11.3 Å². The summed E-state index contributed by atoms with van der Waals surface area (Å²) in [6.07, 6.45) is 1.68. The highest BCUT2D eigenvalue weighted by atomic mass is 32.2. The predicted molar refractivity (Wildman–Crippen MR) is 115 cm³/mol. The summed E-state index contributed by atoms with van der Waals surface area (Å²) in [6, 6.07) is 5.49. The first kappa shape index (κ1) is 24.2. The highest BCUT2D eigenvalue weighted by Crippen LogP contribution is 2.23. The van der Waals surface area contributed by atoms with Crippen LogP contribution < -0.4 is 10.0 Å². The van der Waals surface area contributed by atoms with Crippen molar-refractivity contribution in [1.29, 1.82) is 0 Å². The minimum Gasteiger partial charge on any atom is -0.393 e. The molecule has 1 heterocycles. The molecule has 1 fully saturated rings. The molecule has 0 bridgehead atoms. The number of sulfonamides is 1. The summed E-state index contributed by atoms with van der Waals surface area (Å²) in [5.74, 6) is -0.702. The van der Waals surface area contributed by atoms with E-state index >= 15 is 0 Å². The van der Waals surface area contributed by atoms with Gasteiger partial charge in [-0.1, -0.05) is 28.6 Å². The van der Waals surface area contributed by atoms with Crippen molar-refractivity contribution >= 4 is 38.1 Å². The van der Waals surface area contributed by atoms with E-state index in [0.717, 1.165) is 6.20 Å². The van der Waals surface area contributed by atoms with Gasteiger partial charge in [-0.15, -0.1) is 0 Å². The first-order valence-corrected chi connectivity index (χ1v) is 12.0. The van der Waals surface area contributed by atoms with E-state index in [4.69, 9.17) is 9.57 Å². The first-order chi connectivity index (χ1) is 15.3. The Morgan fingerprint density at radius 3 is 2.69 bits per heavy atom. The van der Waals surface area contributed by atoms with Gasteiger partial charge in [0.1, 0.15) is 6.10 Å². The Hall–Kier alpha value is -2.45. The number of aliphatic hydroxyl groups excluding tert-OH is 1. The summed E-state index contributed by atoms with van der Waals surface area (Å²) < 4.78 is 45.1. The Kier molecular flexibility index (Phi) is 8.26. The Morgan fingerprint density at radius 1 is 1.34 bits per heavy atom. The topological polar surface area (TPSA) is 139 Å². The number of amides is 1. The average molecular weight is 487 g/mol. The minimum absolute atomic E-state index is 0.000982. The highest BCUT2D eigenvalue weighted by Gasteiger charge is 2.26. The Labute approximate surface area is 188 Å². The van der Waals surface area contributed by atoms with Crippen molar-refractivity contribution < 1.29 is 32.3 Å². The number of carbonyl (C=O) groups excluding carboxylic acids is 1. The number of rotatable bonds is 10. The Balaban J connectivity index is 1.81. The van der Waals surface area contributed by atoms with Gasteiger partial charge in [0.05, 0.1) is 23.8 Å². The summed E-state index contributed by atoms with van der Waals surface area (Å²) in [4.78, 5) is 22.0. The largest absolute Gasteiger partial charge is 0.393 e. The quantitative estimate of drug-likeness (QED) is 0.263. The number of benzene rings is 1. The number of oxime groups is 1. The summed E-state index contributed by atoms with van der Waals surface area (Å²) >= 11 is 0.651. The summed E-state index contributed by atoms with van der Waals surface area (Å²) in [5, 5.41) is 15.5. The van der Waals surface area contributed by atoms with Gasteiger partial charge in [0.2, 0.25) is 10.0 Å². The van der Waals surface area contributed by atoms with Gasteiger partial charge < -0.3 is 14.7 Å². The zero-order chi connectivity index (χ0) is 23.1. The lowest BCUT2D eigenvalue weighted by molar-refractivity contribution is -0.110. The molecule has 1 saturated carbocycles. The number of anilines is 1. The standard InChI is InChI=1S/C19H23FN4O6S2/c1-29-9-8-22-32(27,28)15-6-2-12(3-7-15)17(24-30-14-5-4-13(25)10-14)18(26)23-19-21-11-16(20)31-19/h2-3,6-7,11,13-14,22,25H,4-5,8-10H2,1H3,(H,21,23,26)/b24-17+/t13-,14-/m1/s1. The van der Waals surface area contributed by atoms with Gasteiger partial charge in [0.15, 0.2) is 16.0 Å². The van der Waals surface area contributed by atoms with Crippen LogP contribution in [0.3, 0.4) is 0 Å². The van der Waals surface area contributed by atoms with Crippen molar-refractivity contribution in [3.8, 4) is 0 Å². The van der Waals surface area contributed by atoms with Crippen LogP contribution in [-0.2, 0) is 24.4 Å². The number of hydrogen-bond acceptors (Lipinski definition) is 9. The lowest BCUT2D eigenvalue weighted by Gasteiger charge is -2.11. The van der Waals surface area contributed by atoms with Gasteiger partial charge in [0.25, 0.3) is 5.91 Å². The Morgan fingerprint density at radius 2 is 2.09 bits per heavy atom. The molecule has 0 aliphatic heterocycles. The van der Waals surface area contributed by atoms with E-state index in [1.54, 1.807) is 0 Å². The zero-order valence-corrected chi connectivity index (χ0v) is 18.8. The van der Waals surface area contributed by atoms with Crippen LogP contribution in [0.1, 0.15) is 24.8 Å². The highest BCUT2D eigenvalue weighted by molar-refractivity contribution is 7.89. The van der Waals surface area contributed by atoms with Crippen molar-refractivity contribution in [2.45, 2.75) is 36.4 Å². The van der Waals surface area contributed by atoms with Crippen molar-refractivity contribution in [3.05, 3.63) is 41.2 Å². The number of nitrogens with zero attached hydrogens (tertiary/aromatic N) is 2. The van der Waals surface area contributed by atoms with Gasteiger partial charge in [-0.25, -0.2) is 18.1 Å². The van der Waals surface area contributed by atoms with Gasteiger partial charge in [-0.05, 0) is 25.0 Å². The molecule has 13 heteroatoms. The third kappa shape index (κ3) is 6.53. The maximum absolute atomic E-state index is 13.2. The Bertz CT molecular complexity index is 1060. The van der Waals surface area contributed by atoms with Gasteiger partial charge in [0, 0.05) is 25.6 Å². The number of nitrogens with one attached hydrogen (secondary N) is 2. The van der Waals surface area contributed by atoms with Crippen molar-refractivity contribution in [1.82, 2.24) is 9.71 Å². The van der Waals surface area contributed by atoms with E-state index in [1.807, 2.05) is 0 Å². The second-order valence-electron chi connectivity index (χ2n) is 6.97. The van der Waals surface area contributed by atoms with Crippen molar-refractivity contribution in [3.63, 3.8) is 0 Å². The van der Waals surface area contributed by atoms with Crippen LogP contribution in [0.4, 0.5) is 9.52 Å². The van der Waals surface area contributed by atoms with Gasteiger partial charge in [-0.2, -0.15) is 4.39 Å². The van der Waals surface area contributed by atoms with Crippen LogP contribution in [0.2, 0.25) is 0 Å². The minimum atomic E-state index is -3.75. The van der Waals surface area contributed by atoms with Gasteiger partial charge in [-0.3, -0.25) is 10.1 Å². The van der Waals surface area contributed by atoms with Gasteiger partial charge >= 0.3 is 0 Å². The number of aromatic nitrogens is 1. The molecule has 1 aromatic heterocycles. The molecular weight excluding hydrogens is 463 g/mol. The zero-order valence-electron chi connectivity index (χ0n) is 17.2. The van der Waals surface area contributed by atoms with E-state index in [1.165, 1.54) is 31.4 Å². The average Bonchev–Trinajstić information content (AvgIpc) is 3.36. The van der Waals surface area contributed by atoms with E-state index in [0.29, 0.717) is 30.6 Å². The molecule has 2 atom stereocenters. The van der Waals surface area contributed by atoms with Crippen LogP contribution in [0, 0.1) is 5.13 Å². The fourth-order valence-electron chi connectivity index (χ4n) is 2.99. The number of hydrogen-bond donors (Lipinski definition) is 3. The summed E-state index contributed by atoms with van der Waals surface area (Å²) in [5.41, 5.74) is 0.146. The molecule has 3 N–H and O–H groups in total. The van der Waals surface area contributed by atoms with E-state index < -0.39 is 27.2 Å². The van der Waals surface area contributed by atoms with Crippen molar-refractivity contribution in [2.24, 2.45) is 5.16 Å². The molecule has 0 radical (unpaired) electrons. The molecule has 32 heavy (non-hydrogen) atoms. The predicted octanol–water partition coefficient (Wildman–Crippen LogP) is 1.48. The molecule has 0 spiro atoms. The lowest BCUT2D eigenvalue weighted by atomic mass is 10.1. The number of methoxy groups -OCH3 is 1. The van der Waals surface area contributed by atoms with Crippen LogP contribution in [0.15, 0.2) is 40.5 Å². The third-order valence-electron chi connectivity index (χ3n) is 4.60. The molecule has 0 unspecified atom stereocenters. The molecule has 1 aromatic carbocycles. The number of ether oxygens (including phenoxy) is 1. The molecule has 1 amide bonds. The molecule has 1 aliphatic carbocycles.